The van der Waals surface area contributed by atoms with Crippen molar-refractivity contribution in [2.24, 2.45) is 0 Å². The van der Waals surface area contributed by atoms with Gasteiger partial charge in [0.25, 0.3) is 0 Å². The Hall–Kier alpha value is -2.37. The minimum atomic E-state index is -0.271. The number of carbonyl (C=O) groups excluding carboxylic acids is 1. The Bertz CT molecular complexity index is 580. The maximum Gasteiger partial charge on any atom is 0.212 e. The largest absolute Gasteiger partial charge is 0.363 e. The fourth-order valence-electron chi connectivity index (χ4n) is 1.80. The Morgan fingerprint density at radius 2 is 2.16 bits per heavy atom. The van der Waals surface area contributed by atoms with Crippen LogP contribution in [-0.2, 0) is 11.3 Å². The summed E-state index contributed by atoms with van der Waals surface area (Å²) < 4.78 is 15.3. The maximum absolute atomic E-state index is 13.6. The van der Waals surface area contributed by atoms with E-state index in [2.05, 4.69) is 10.4 Å². The second-order valence-corrected chi connectivity index (χ2v) is 4.29. The second-order valence-electron chi connectivity index (χ2n) is 4.29. The van der Waals surface area contributed by atoms with Crippen LogP contribution in [0.1, 0.15) is 5.56 Å². The van der Waals surface area contributed by atoms with Gasteiger partial charge in [0, 0.05) is 25.7 Å². The molecule has 1 aromatic carbocycles. The lowest BCUT2D eigenvalue weighted by Gasteiger charge is -2.14. The molecule has 2 rings (SSSR count). The normalized spacial score (nSPS) is 10.3. The molecule has 0 bridgehead atoms. The standard InChI is InChI=1S/C13H15FN4O/c1-17(2)13-7-12(15-9-19)16-18(13)8-10-5-3-4-6-11(10)14/h3-7,9H,8H2,1-2H3,(H,15,16,19). The van der Waals surface area contributed by atoms with Crippen LogP contribution < -0.4 is 10.2 Å². The molecule has 5 nitrogen and oxygen atoms in total. The molecule has 0 saturated heterocycles. The van der Waals surface area contributed by atoms with Gasteiger partial charge >= 0.3 is 0 Å². The predicted molar refractivity (Wildman–Crippen MR) is 71.7 cm³/mol. The monoisotopic (exact) mass is 262 g/mol. The minimum Gasteiger partial charge on any atom is -0.363 e. The average molecular weight is 262 g/mol. The van der Waals surface area contributed by atoms with Gasteiger partial charge in [0.2, 0.25) is 6.41 Å². The molecule has 1 aromatic heterocycles. The zero-order valence-electron chi connectivity index (χ0n) is 10.8. The highest BCUT2D eigenvalue weighted by molar-refractivity contribution is 5.70. The smallest absolute Gasteiger partial charge is 0.212 e. The lowest BCUT2D eigenvalue weighted by atomic mass is 10.2. The number of anilines is 2. The fourth-order valence-corrected chi connectivity index (χ4v) is 1.80. The number of benzene rings is 1. The van der Waals surface area contributed by atoms with Crippen molar-refractivity contribution in [1.29, 1.82) is 0 Å². The number of amides is 1. The molecule has 6 heteroatoms. The molecule has 0 aliphatic carbocycles. The number of halogens is 1. The maximum atomic E-state index is 13.6. The van der Waals surface area contributed by atoms with Crippen LogP contribution in [0.3, 0.4) is 0 Å². The van der Waals surface area contributed by atoms with Crippen molar-refractivity contribution in [2.45, 2.75) is 6.54 Å². The van der Waals surface area contributed by atoms with Gasteiger partial charge in [-0.3, -0.25) is 4.79 Å². The lowest BCUT2D eigenvalue weighted by Crippen LogP contribution is -2.16. The van der Waals surface area contributed by atoms with Crippen molar-refractivity contribution >= 4 is 18.0 Å². The third-order valence-electron chi connectivity index (χ3n) is 2.70. The SMILES string of the molecule is CN(C)c1cc(NC=O)nn1Cc1ccccc1F. The molecule has 19 heavy (non-hydrogen) atoms. The highest BCUT2D eigenvalue weighted by Gasteiger charge is 2.11. The number of nitrogens with zero attached hydrogens (tertiary/aromatic N) is 3. The van der Waals surface area contributed by atoms with E-state index in [0.29, 0.717) is 24.3 Å². The molecule has 0 aliphatic rings. The van der Waals surface area contributed by atoms with Crippen LogP contribution in [0.2, 0.25) is 0 Å². The Labute approximate surface area is 110 Å². The van der Waals surface area contributed by atoms with Gasteiger partial charge in [0.15, 0.2) is 5.82 Å². The summed E-state index contributed by atoms with van der Waals surface area (Å²) >= 11 is 0. The predicted octanol–water partition coefficient (Wildman–Crippen LogP) is 1.70. The summed E-state index contributed by atoms with van der Waals surface area (Å²) in [6, 6.07) is 8.28. The van der Waals surface area contributed by atoms with E-state index in [0.717, 1.165) is 5.82 Å². The van der Waals surface area contributed by atoms with Gasteiger partial charge in [0.1, 0.15) is 11.6 Å². The van der Waals surface area contributed by atoms with Crippen LogP contribution in [-0.4, -0.2) is 30.3 Å². The van der Waals surface area contributed by atoms with Gasteiger partial charge in [-0.1, -0.05) is 18.2 Å². The van der Waals surface area contributed by atoms with Crippen molar-refractivity contribution in [2.75, 3.05) is 24.3 Å². The quantitative estimate of drug-likeness (QED) is 0.834. The molecule has 0 unspecified atom stereocenters. The van der Waals surface area contributed by atoms with Crippen LogP contribution >= 0.6 is 0 Å². The van der Waals surface area contributed by atoms with Crippen molar-refractivity contribution in [3.8, 4) is 0 Å². The van der Waals surface area contributed by atoms with Crippen molar-refractivity contribution in [3.05, 3.63) is 41.7 Å². The van der Waals surface area contributed by atoms with Crippen LogP contribution in [0, 0.1) is 5.82 Å². The van der Waals surface area contributed by atoms with E-state index >= 15 is 0 Å². The molecule has 0 aliphatic heterocycles. The van der Waals surface area contributed by atoms with Gasteiger partial charge in [-0.05, 0) is 6.07 Å². The summed E-state index contributed by atoms with van der Waals surface area (Å²) in [5.74, 6) is 0.954. The molecule has 2 aromatic rings. The van der Waals surface area contributed by atoms with Gasteiger partial charge < -0.3 is 10.2 Å². The third-order valence-corrected chi connectivity index (χ3v) is 2.70. The molecule has 1 N–H and O–H groups in total. The number of hydrogen-bond donors (Lipinski definition) is 1. The van der Waals surface area contributed by atoms with E-state index in [-0.39, 0.29) is 5.82 Å². The number of nitrogens with one attached hydrogen (secondary N) is 1. The van der Waals surface area contributed by atoms with Gasteiger partial charge in [-0.25, -0.2) is 9.07 Å². The van der Waals surface area contributed by atoms with Crippen molar-refractivity contribution in [3.63, 3.8) is 0 Å². The van der Waals surface area contributed by atoms with Crippen LogP contribution in [0.25, 0.3) is 0 Å². The van der Waals surface area contributed by atoms with Crippen molar-refractivity contribution < 1.29 is 9.18 Å². The Kier molecular flexibility index (Phi) is 3.79. The molecule has 1 heterocycles. The zero-order chi connectivity index (χ0) is 13.8. The minimum absolute atomic E-state index is 0.271. The molecule has 0 radical (unpaired) electrons. The van der Waals surface area contributed by atoms with Crippen molar-refractivity contribution in [1.82, 2.24) is 9.78 Å². The van der Waals surface area contributed by atoms with E-state index in [4.69, 9.17) is 0 Å². The van der Waals surface area contributed by atoms with Crippen LogP contribution in [0.15, 0.2) is 30.3 Å². The highest BCUT2D eigenvalue weighted by atomic mass is 19.1. The summed E-state index contributed by atoms with van der Waals surface area (Å²) in [4.78, 5) is 12.3. The van der Waals surface area contributed by atoms with E-state index in [9.17, 15) is 9.18 Å². The zero-order valence-corrected chi connectivity index (χ0v) is 10.8. The Morgan fingerprint density at radius 3 is 2.79 bits per heavy atom. The molecular formula is C13H15FN4O. The summed E-state index contributed by atoms with van der Waals surface area (Å²) in [6.45, 7) is 0.306. The number of rotatable bonds is 5. The number of carbonyl (C=O) groups is 1. The molecular weight excluding hydrogens is 247 g/mol. The van der Waals surface area contributed by atoms with Gasteiger partial charge in [0.05, 0.1) is 6.54 Å². The first-order valence-electron chi connectivity index (χ1n) is 5.80. The molecule has 100 valence electrons. The summed E-state index contributed by atoms with van der Waals surface area (Å²) in [5, 5.41) is 6.71. The second kappa shape index (κ2) is 5.51. The first kappa shape index (κ1) is 13.1. The Morgan fingerprint density at radius 1 is 1.42 bits per heavy atom. The third kappa shape index (κ3) is 2.90. The van der Waals surface area contributed by atoms with E-state index in [1.165, 1.54) is 6.07 Å². The Balaban J connectivity index is 2.33. The van der Waals surface area contributed by atoms with Gasteiger partial charge in [-0.15, -0.1) is 0 Å². The molecule has 0 fully saturated rings. The van der Waals surface area contributed by atoms with E-state index in [1.54, 1.807) is 28.9 Å². The summed E-state index contributed by atoms with van der Waals surface area (Å²) in [7, 11) is 3.72. The molecule has 0 atom stereocenters. The first-order chi connectivity index (χ1) is 9.11. The molecule has 0 saturated carbocycles. The summed E-state index contributed by atoms with van der Waals surface area (Å²) in [5.41, 5.74) is 0.548. The number of hydrogen-bond acceptors (Lipinski definition) is 3. The topological polar surface area (TPSA) is 50.2 Å². The molecule has 0 spiro atoms. The fraction of sp³-hybridized carbons (Fsp3) is 0.231. The van der Waals surface area contributed by atoms with Crippen LogP contribution in [0.5, 0.6) is 0 Å². The van der Waals surface area contributed by atoms with Crippen LogP contribution in [0.4, 0.5) is 16.0 Å². The molecule has 1 amide bonds. The summed E-state index contributed by atoms with van der Waals surface area (Å²) in [6.07, 6.45) is 0.565. The van der Waals surface area contributed by atoms with E-state index < -0.39 is 0 Å². The van der Waals surface area contributed by atoms with Gasteiger partial charge in [-0.2, -0.15) is 5.10 Å². The van der Waals surface area contributed by atoms with E-state index in [1.807, 2.05) is 19.0 Å². The number of aromatic nitrogens is 2. The highest BCUT2D eigenvalue weighted by Crippen LogP contribution is 2.19. The lowest BCUT2D eigenvalue weighted by molar-refractivity contribution is -0.105. The first-order valence-corrected chi connectivity index (χ1v) is 5.80. The average Bonchev–Trinajstić information content (AvgIpc) is 2.76.